The molecule has 4 nitrogen and oxygen atoms in total. The van der Waals surface area contributed by atoms with E-state index in [1.54, 1.807) is 12.1 Å². The van der Waals surface area contributed by atoms with Crippen molar-refractivity contribution in [2.45, 2.75) is 13.1 Å². The molecule has 0 bridgehead atoms. The van der Waals surface area contributed by atoms with Crippen molar-refractivity contribution < 1.29 is 4.39 Å². The Labute approximate surface area is 130 Å². The second-order valence-electron chi connectivity index (χ2n) is 4.25. The summed E-state index contributed by atoms with van der Waals surface area (Å²) in [4.78, 5) is 11.9. The van der Waals surface area contributed by atoms with Crippen LogP contribution in [0, 0.1) is 5.82 Å². The van der Waals surface area contributed by atoms with Gasteiger partial charge in [0.15, 0.2) is 0 Å². The Morgan fingerprint density at radius 1 is 1.43 bits per heavy atom. The second-order valence-corrected chi connectivity index (χ2v) is 5.04. The van der Waals surface area contributed by atoms with Crippen LogP contribution >= 0.6 is 23.2 Å². The number of benzene rings is 1. The van der Waals surface area contributed by atoms with Gasteiger partial charge in [-0.2, -0.15) is 5.10 Å². The van der Waals surface area contributed by atoms with E-state index < -0.39 is 11.4 Å². The maximum atomic E-state index is 13.1. The maximum absolute atomic E-state index is 13.1. The van der Waals surface area contributed by atoms with Gasteiger partial charge in [-0.3, -0.25) is 4.79 Å². The van der Waals surface area contributed by atoms with E-state index in [0.717, 1.165) is 5.56 Å². The number of rotatable bonds is 5. The highest BCUT2D eigenvalue weighted by Gasteiger charge is 2.08. The molecule has 0 aliphatic rings. The zero-order chi connectivity index (χ0) is 15.4. The van der Waals surface area contributed by atoms with Gasteiger partial charge < -0.3 is 5.32 Å². The number of anilines is 1. The molecule has 2 rings (SSSR count). The Hall–Kier alpha value is -1.85. The highest BCUT2D eigenvalue weighted by atomic mass is 35.5. The van der Waals surface area contributed by atoms with Crippen LogP contribution in [0.15, 0.2) is 41.8 Å². The van der Waals surface area contributed by atoms with Crippen LogP contribution in [0.3, 0.4) is 0 Å². The van der Waals surface area contributed by atoms with Crippen LogP contribution in [0.5, 0.6) is 0 Å². The fraction of sp³-hybridized carbons (Fsp3) is 0.143. The lowest BCUT2D eigenvalue weighted by Gasteiger charge is -2.10. The SMILES string of the molecule is C=CCn1ncc(NCc2ccc(F)c(Cl)c2)c(Cl)c1=O. The van der Waals surface area contributed by atoms with Crippen molar-refractivity contribution in [2.75, 3.05) is 5.32 Å². The van der Waals surface area contributed by atoms with Gasteiger partial charge in [0.25, 0.3) is 5.56 Å². The number of hydrogen-bond donors (Lipinski definition) is 1. The summed E-state index contributed by atoms with van der Waals surface area (Å²) in [6.07, 6.45) is 3.01. The summed E-state index contributed by atoms with van der Waals surface area (Å²) in [5.74, 6) is -0.480. The Morgan fingerprint density at radius 3 is 2.86 bits per heavy atom. The first-order valence-electron chi connectivity index (χ1n) is 6.07. The van der Waals surface area contributed by atoms with Crippen LogP contribution in [-0.4, -0.2) is 9.78 Å². The summed E-state index contributed by atoms with van der Waals surface area (Å²) in [6, 6.07) is 4.37. The monoisotopic (exact) mass is 327 g/mol. The summed E-state index contributed by atoms with van der Waals surface area (Å²) in [5, 5.41) is 7.03. The largest absolute Gasteiger partial charge is 0.378 e. The van der Waals surface area contributed by atoms with E-state index in [1.807, 2.05) is 0 Å². The average Bonchev–Trinajstić information content (AvgIpc) is 2.47. The van der Waals surface area contributed by atoms with Crippen molar-refractivity contribution in [2.24, 2.45) is 0 Å². The van der Waals surface area contributed by atoms with E-state index in [4.69, 9.17) is 23.2 Å². The third kappa shape index (κ3) is 3.62. The zero-order valence-corrected chi connectivity index (χ0v) is 12.5. The molecule has 1 aromatic heterocycles. The lowest BCUT2D eigenvalue weighted by atomic mass is 10.2. The van der Waals surface area contributed by atoms with Crippen molar-refractivity contribution in [3.63, 3.8) is 0 Å². The van der Waals surface area contributed by atoms with Crippen LogP contribution in [0.2, 0.25) is 10.0 Å². The first-order chi connectivity index (χ1) is 10.0. The summed E-state index contributed by atoms with van der Waals surface area (Å²) in [7, 11) is 0. The molecule has 0 atom stereocenters. The fourth-order valence-electron chi connectivity index (χ4n) is 1.69. The van der Waals surface area contributed by atoms with E-state index in [0.29, 0.717) is 12.2 Å². The Bertz CT molecular complexity index is 731. The van der Waals surface area contributed by atoms with Gasteiger partial charge in [0, 0.05) is 6.54 Å². The van der Waals surface area contributed by atoms with E-state index in [9.17, 15) is 9.18 Å². The molecule has 7 heteroatoms. The minimum atomic E-state index is -0.480. The Morgan fingerprint density at radius 2 is 2.19 bits per heavy atom. The topological polar surface area (TPSA) is 46.9 Å². The van der Waals surface area contributed by atoms with Gasteiger partial charge in [0.2, 0.25) is 0 Å². The lowest BCUT2D eigenvalue weighted by Crippen LogP contribution is -2.23. The number of nitrogens with zero attached hydrogens (tertiary/aromatic N) is 2. The van der Waals surface area contributed by atoms with Crippen molar-refractivity contribution in [1.29, 1.82) is 0 Å². The smallest absolute Gasteiger partial charge is 0.287 e. The second kappa shape index (κ2) is 6.74. The van der Waals surface area contributed by atoms with E-state index in [2.05, 4.69) is 17.0 Å². The van der Waals surface area contributed by atoms with E-state index in [-0.39, 0.29) is 16.6 Å². The summed E-state index contributed by atoms with van der Waals surface area (Å²) in [5.41, 5.74) is 0.758. The van der Waals surface area contributed by atoms with Gasteiger partial charge in [-0.05, 0) is 17.7 Å². The fourth-order valence-corrected chi connectivity index (χ4v) is 2.10. The van der Waals surface area contributed by atoms with Crippen LogP contribution in [-0.2, 0) is 13.1 Å². The van der Waals surface area contributed by atoms with Crippen LogP contribution in [0.1, 0.15) is 5.56 Å². The molecule has 0 aliphatic carbocycles. The van der Waals surface area contributed by atoms with Crippen LogP contribution in [0.4, 0.5) is 10.1 Å². The summed E-state index contributed by atoms with van der Waals surface area (Å²) >= 11 is 11.7. The Balaban J connectivity index is 2.16. The number of aromatic nitrogens is 2. The predicted molar refractivity (Wildman–Crippen MR) is 82.4 cm³/mol. The lowest BCUT2D eigenvalue weighted by molar-refractivity contribution is 0.627. The molecule has 0 saturated carbocycles. The third-order valence-electron chi connectivity index (χ3n) is 2.75. The molecule has 21 heavy (non-hydrogen) atoms. The van der Waals surface area contributed by atoms with Crippen molar-refractivity contribution in [3.8, 4) is 0 Å². The minimum Gasteiger partial charge on any atom is -0.378 e. The molecule has 0 aliphatic heterocycles. The molecule has 0 fully saturated rings. The molecule has 0 radical (unpaired) electrons. The molecule has 0 unspecified atom stereocenters. The van der Waals surface area contributed by atoms with Crippen LogP contribution in [0.25, 0.3) is 0 Å². The molecule has 2 aromatic rings. The molecule has 1 heterocycles. The Kier molecular flexibility index (Phi) is 4.98. The molecule has 1 aromatic carbocycles. The van der Waals surface area contributed by atoms with Crippen LogP contribution < -0.4 is 10.9 Å². The average molecular weight is 328 g/mol. The van der Waals surface area contributed by atoms with Gasteiger partial charge in [-0.25, -0.2) is 9.07 Å². The standard InChI is InChI=1S/C14H12Cl2FN3O/c1-2-5-20-14(21)13(16)12(8-19-20)18-7-9-3-4-11(17)10(15)6-9/h2-4,6,8,18H,1,5,7H2. The van der Waals surface area contributed by atoms with Gasteiger partial charge in [-0.1, -0.05) is 35.3 Å². The van der Waals surface area contributed by atoms with Crippen molar-refractivity contribution in [3.05, 3.63) is 68.8 Å². The molecule has 1 N–H and O–H groups in total. The molecule has 0 spiro atoms. The summed E-state index contributed by atoms with van der Waals surface area (Å²) in [6.45, 7) is 4.16. The number of nitrogens with one attached hydrogen (secondary N) is 1. The van der Waals surface area contributed by atoms with Gasteiger partial charge >= 0.3 is 0 Å². The quantitative estimate of drug-likeness (QED) is 0.855. The maximum Gasteiger partial charge on any atom is 0.287 e. The minimum absolute atomic E-state index is 0.0416. The third-order valence-corrected chi connectivity index (χ3v) is 3.41. The first-order valence-corrected chi connectivity index (χ1v) is 6.83. The van der Waals surface area contributed by atoms with E-state index >= 15 is 0 Å². The molecular formula is C14H12Cl2FN3O. The molecule has 0 saturated heterocycles. The highest BCUT2D eigenvalue weighted by molar-refractivity contribution is 6.33. The van der Waals surface area contributed by atoms with Crippen molar-refractivity contribution in [1.82, 2.24) is 9.78 Å². The molecule has 0 amide bonds. The normalized spacial score (nSPS) is 10.4. The van der Waals surface area contributed by atoms with E-state index in [1.165, 1.54) is 23.0 Å². The van der Waals surface area contributed by atoms with Crippen molar-refractivity contribution >= 4 is 28.9 Å². The first kappa shape index (κ1) is 15.5. The highest BCUT2D eigenvalue weighted by Crippen LogP contribution is 2.19. The zero-order valence-electron chi connectivity index (χ0n) is 10.9. The van der Waals surface area contributed by atoms with Gasteiger partial charge in [0.1, 0.15) is 10.8 Å². The number of hydrogen-bond acceptors (Lipinski definition) is 3. The van der Waals surface area contributed by atoms with Gasteiger partial charge in [-0.15, -0.1) is 6.58 Å². The molecule has 110 valence electrons. The number of halogens is 3. The molecular weight excluding hydrogens is 316 g/mol. The summed E-state index contributed by atoms with van der Waals surface area (Å²) < 4.78 is 14.3. The van der Waals surface area contributed by atoms with Gasteiger partial charge in [0.05, 0.1) is 23.5 Å². The number of allylic oxidation sites excluding steroid dienone is 1. The predicted octanol–water partition coefficient (Wildman–Crippen LogP) is 3.49.